The average Bonchev–Trinajstić information content (AvgIpc) is 2.51. The Balaban J connectivity index is 2.48. The molecule has 0 atom stereocenters. The summed E-state index contributed by atoms with van der Waals surface area (Å²) in [6.07, 6.45) is 1.22. The molecule has 0 saturated heterocycles. The van der Waals surface area contributed by atoms with Gasteiger partial charge in [0.05, 0.1) is 6.61 Å². The van der Waals surface area contributed by atoms with Crippen LogP contribution in [0.2, 0.25) is 0 Å². The Morgan fingerprint density at radius 1 is 1.22 bits per heavy atom. The number of carbonyl (C=O) groups excluding carboxylic acids is 2. The Bertz CT molecular complexity index is 795. The highest BCUT2D eigenvalue weighted by molar-refractivity contribution is 6.09. The van der Waals surface area contributed by atoms with Gasteiger partial charge in [-0.1, -0.05) is 0 Å². The van der Waals surface area contributed by atoms with Crippen LogP contribution >= 0.6 is 0 Å². The van der Waals surface area contributed by atoms with Crippen LogP contribution in [-0.2, 0) is 16.1 Å². The standard InChI is InChI=1S/C16H14FNO5/c1-2-23-13(20)9-18-8-7-12(19)16(22)14(18)15(21)10-3-5-11(17)6-4-10/h3-8,22H,2,9H2,1H3. The smallest absolute Gasteiger partial charge is 0.325 e. The van der Waals surface area contributed by atoms with Crippen molar-refractivity contribution in [1.82, 2.24) is 4.57 Å². The molecule has 0 radical (unpaired) electrons. The quantitative estimate of drug-likeness (QED) is 0.666. The van der Waals surface area contributed by atoms with Gasteiger partial charge in [0.2, 0.25) is 11.2 Å². The van der Waals surface area contributed by atoms with Crippen LogP contribution in [0.1, 0.15) is 23.0 Å². The van der Waals surface area contributed by atoms with Crippen LogP contribution in [0.15, 0.2) is 41.3 Å². The Morgan fingerprint density at radius 2 is 1.87 bits per heavy atom. The van der Waals surface area contributed by atoms with Gasteiger partial charge in [-0.3, -0.25) is 14.4 Å². The zero-order chi connectivity index (χ0) is 17.0. The Labute approximate surface area is 130 Å². The van der Waals surface area contributed by atoms with Gasteiger partial charge in [0.15, 0.2) is 5.75 Å². The van der Waals surface area contributed by atoms with E-state index in [4.69, 9.17) is 4.74 Å². The van der Waals surface area contributed by atoms with Crippen LogP contribution < -0.4 is 5.43 Å². The third kappa shape index (κ3) is 3.63. The predicted octanol–water partition coefficient (Wildman–Crippen LogP) is 1.49. The van der Waals surface area contributed by atoms with Gasteiger partial charge in [0, 0.05) is 17.8 Å². The summed E-state index contributed by atoms with van der Waals surface area (Å²) in [6.45, 7) is 1.45. The van der Waals surface area contributed by atoms with Crippen molar-refractivity contribution in [2.24, 2.45) is 0 Å². The molecule has 0 spiro atoms. The fourth-order valence-corrected chi connectivity index (χ4v) is 2.02. The number of rotatable bonds is 5. The molecule has 23 heavy (non-hydrogen) atoms. The van der Waals surface area contributed by atoms with Crippen LogP contribution in [0.3, 0.4) is 0 Å². The third-order valence-corrected chi connectivity index (χ3v) is 3.08. The summed E-state index contributed by atoms with van der Waals surface area (Å²) in [7, 11) is 0. The number of ketones is 1. The van der Waals surface area contributed by atoms with Crippen molar-refractivity contribution in [1.29, 1.82) is 0 Å². The second-order valence-corrected chi connectivity index (χ2v) is 4.65. The molecule has 0 saturated carbocycles. The second-order valence-electron chi connectivity index (χ2n) is 4.65. The van der Waals surface area contributed by atoms with E-state index in [2.05, 4.69) is 0 Å². The number of nitrogens with zero attached hydrogens (tertiary/aromatic N) is 1. The molecule has 2 rings (SSSR count). The van der Waals surface area contributed by atoms with Crippen LogP contribution in [0.25, 0.3) is 0 Å². The molecule has 0 aliphatic heterocycles. The van der Waals surface area contributed by atoms with E-state index >= 15 is 0 Å². The molecule has 1 aromatic heterocycles. The Hall–Kier alpha value is -2.96. The van der Waals surface area contributed by atoms with E-state index in [0.29, 0.717) is 0 Å². The lowest BCUT2D eigenvalue weighted by Gasteiger charge is -2.13. The molecule has 0 unspecified atom stereocenters. The number of esters is 1. The minimum Gasteiger partial charge on any atom is -0.503 e. The highest BCUT2D eigenvalue weighted by atomic mass is 19.1. The Morgan fingerprint density at radius 3 is 2.48 bits per heavy atom. The summed E-state index contributed by atoms with van der Waals surface area (Å²) >= 11 is 0. The third-order valence-electron chi connectivity index (χ3n) is 3.08. The number of halogens is 1. The lowest BCUT2D eigenvalue weighted by molar-refractivity contribution is -0.143. The van der Waals surface area contributed by atoms with Gasteiger partial charge in [0.1, 0.15) is 18.1 Å². The Kier molecular flexibility index (Phi) is 4.90. The number of ether oxygens (including phenoxy) is 1. The molecule has 1 aromatic carbocycles. The molecule has 6 nitrogen and oxygen atoms in total. The maximum absolute atomic E-state index is 13.0. The van der Waals surface area contributed by atoms with Gasteiger partial charge < -0.3 is 14.4 Å². The van der Waals surface area contributed by atoms with Crippen molar-refractivity contribution in [2.75, 3.05) is 6.61 Å². The van der Waals surface area contributed by atoms with Crippen LogP contribution in [-0.4, -0.2) is 28.0 Å². The van der Waals surface area contributed by atoms with Crippen molar-refractivity contribution < 1.29 is 23.8 Å². The predicted molar refractivity (Wildman–Crippen MR) is 78.8 cm³/mol. The molecule has 0 aliphatic rings. The fourth-order valence-electron chi connectivity index (χ4n) is 2.02. The van der Waals surface area contributed by atoms with E-state index in [9.17, 15) is 23.9 Å². The second kappa shape index (κ2) is 6.87. The summed E-state index contributed by atoms with van der Waals surface area (Å²) < 4.78 is 18.9. The number of hydrogen-bond donors (Lipinski definition) is 1. The molecular formula is C16H14FNO5. The summed E-state index contributed by atoms with van der Waals surface area (Å²) in [5, 5.41) is 9.93. The van der Waals surface area contributed by atoms with Gasteiger partial charge in [-0.2, -0.15) is 0 Å². The number of carbonyl (C=O) groups is 2. The van der Waals surface area contributed by atoms with E-state index in [1.54, 1.807) is 6.92 Å². The first-order chi connectivity index (χ1) is 10.9. The average molecular weight is 319 g/mol. The SMILES string of the molecule is CCOC(=O)Cn1ccc(=O)c(O)c1C(=O)c1ccc(F)cc1. The largest absolute Gasteiger partial charge is 0.503 e. The number of hydrogen-bond acceptors (Lipinski definition) is 5. The van der Waals surface area contributed by atoms with Gasteiger partial charge in [-0.25, -0.2) is 4.39 Å². The van der Waals surface area contributed by atoms with E-state index in [0.717, 1.165) is 22.8 Å². The van der Waals surface area contributed by atoms with Crippen LogP contribution in [0, 0.1) is 5.82 Å². The molecule has 1 N–H and O–H groups in total. The summed E-state index contributed by atoms with van der Waals surface area (Å²) in [5.41, 5.74) is -1.03. The number of benzene rings is 1. The topological polar surface area (TPSA) is 85.6 Å². The minimum absolute atomic E-state index is 0.0740. The van der Waals surface area contributed by atoms with Crippen molar-refractivity contribution in [3.8, 4) is 5.75 Å². The van der Waals surface area contributed by atoms with Crippen LogP contribution in [0.4, 0.5) is 4.39 Å². The first-order valence-corrected chi connectivity index (χ1v) is 6.82. The first kappa shape index (κ1) is 16.4. The first-order valence-electron chi connectivity index (χ1n) is 6.82. The van der Waals surface area contributed by atoms with Crippen molar-refractivity contribution in [3.63, 3.8) is 0 Å². The molecular weight excluding hydrogens is 305 g/mol. The summed E-state index contributed by atoms with van der Waals surface area (Å²) in [4.78, 5) is 35.7. The van der Waals surface area contributed by atoms with Crippen molar-refractivity contribution in [2.45, 2.75) is 13.5 Å². The molecule has 0 fully saturated rings. The molecule has 0 bridgehead atoms. The molecule has 1 heterocycles. The van der Waals surface area contributed by atoms with E-state index < -0.39 is 28.7 Å². The fraction of sp³-hybridized carbons (Fsp3) is 0.188. The van der Waals surface area contributed by atoms with Crippen LogP contribution in [0.5, 0.6) is 5.75 Å². The van der Waals surface area contributed by atoms with E-state index in [1.165, 1.54) is 18.3 Å². The molecule has 120 valence electrons. The number of aromatic nitrogens is 1. The van der Waals surface area contributed by atoms with Gasteiger partial charge in [0.25, 0.3) is 0 Å². The highest BCUT2D eigenvalue weighted by Crippen LogP contribution is 2.17. The number of pyridine rings is 1. The zero-order valence-electron chi connectivity index (χ0n) is 12.3. The van der Waals surface area contributed by atoms with Gasteiger partial charge in [-0.15, -0.1) is 0 Å². The normalized spacial score (nSPS) is 10.3. The number of aromatic hydroxyl groups is 1. The van der Waals surface area contributed by atoms with Crippen molar-refractivity contribution >= 4 is 11.8 Å². The van der Waals surface area contributed by atoms with Crippen molar-refractivity contribution in [3.05, 3.63) is 63.8 Å². The monoisotopic (exact) mass is 319 g/mol. The molecule has 0 amide bonds. The minimum atomic E-state index is -0.772. The lowest BCUT2D eigenvalue weighted by Crippen LogP contribution is -2.22. The molecule has 2 aromatic rings. The van der Waals surface area contributed by atoms with Gasteiger partial charge in [-0.05, 0) is 31.2 Å². The maximum Gasteiger partial charge on any atom is 0.325 e. The molecule has 0 aliphatic carbocycles. The lowest BCUT2D eigenvalue weighted by atomic mass is 10.1. The maximum atomic E-state index is 13.0. The molecule has 7 heteroatoms. The van der Waals surface area contributed by atoms with E-state index in [-0.39, 0.29) is 24.4 Å². The summed E-state index contributed by atoms with van der Waals surface area (Å²) in [5.74, 6) is -2.62. The summed E-state index contributed by atoms with van der Waals surface area (Å²) in [6, 6.07) is 5.66. The zero-order valence-corrected chi connectivity index (χ0v) is 12.3. The van der Waals surface area contributed by atoms with E-state index in [1.807, 2.05) is 0 Å². The highest BCUT2D eigenvalue weighted by Gasteiger charge is 2.21. The van der Waals surface area contributed by atoms with Gasteiger partial charge >= 0.3 is 5.97 Å².